The van der Waals surface area contributed by atoms with Crippen LogP contribution in [0.5, 0.6) is 11.5 Å². The Hall–Kier alpha value is -3.04. The molecule has 1 N–H and O–H groups in total. The number of carbonyl (C=O) groups is 1. The molecule has 6 nitrogen and oxygen atoms in total. The number of nitriles is 1. The third-order valence-corrected chi connectivity index (χ3v) is 5.52. The lowest BCUT2D eigenvalue weighted by molar-refractivity contribution is -0.129. The van der Waals surface area contributed by atoms with Crippen molar-refractivity contribution < 1.29 is 14.3 Å². The van der Waals surface area contributed by atoms with Crippen LogP contribution in [0.3, 0.4) is 0 Å². The molecular weight excluding hydrogens is 390 g/mol. The number of likely N-dealkylation sites (tertiary alicyclic amines) is 1. The first-order valence-corrected chi connectivity index (χ1v) is 10.7. The van der Waals surface area contributed by atoms with Crippen molar-refractivity contribution in [3.8, 4) is 17.6 Å². The van der Waals surface area contributed by atoms with E-state index in [0.717, 1.165) is 36.5 Å². The highest BCUT2D eigenvalue weighted by atomic mass is 16.5. The predicted octanol–water partition coefficient (Wildman–Crippen LogP) is 3.72. The van der Waals surface area contributed by atoms with Crippen molar-refractivity contribution in [1.29, 1.82) is 5.26 Å². The fraction of sp³-hybridized carbons (Fsp3) is 0.440. The Bertz CT molecular complexity index is 988. The van der Waals surface area contributed by atoms with Gasteiger partial charge in [-0.25, -0.2) is 0 Å². The van der Waals surface area contributed by atoms with Gasteiger partial charge in [-0.2, -0.15) is 5.26 Å². The first kappa shape index (κ1) is 22.6. The van der Waals surface area contributed by atoms with Crippen molar-refractivity contribution in [3.05, 3.63) is 58.1 Å². The zero-order valence-electron chi connectivity index (χ0n) is 19.0. The van der Waals surface area contributed by atoms with Gasteiger partial charge in [-0.1, -0.05) is 12.1 Å². The standard InChI is InChI=1S/C25H31N3O3/c1-16(2)31-23-7-6-19(10-20(23)11-26)15-30-24-9-17(3)21(8-18(24)4)12-28-13-22(14-28)25(29)27-5/h6-10,16,22H,12-15H2,1-5H3,(H,27,29). The van der Waals surface area contributed by atoms with E-state index in [9.17, 15) is 10.1 Å². The summed E-state index contributed by atoms with van der Waals surface area (Å²) in [5.41, 5.74) is 4.94. The van der Waals surface area contributed by atoms with Crippen molar-refractivity contribution in [2.45, 2.75) is 47.0 Å². The van der Waals surface area contributed by atoms with Gasteiger partial charge in [0.2, 0.25) is 5.91 Å². The van der Waals surface area contributed by atoms with E-state index in [1.165, 1.54) is 11.1 Å². The maximum atomic E-state index is 11.7. The fourth-order valence-corrected chi connectivity index (χ4v) is 3.76. The van der Waals surface area contributed by atoms with Crippen LogP contribution in [0.25, 0.3) is 0 Å². The second-order valence-electron chi connectivity index (χ2n) is 8.45. The molecule has 1 aliphatic heterocycles. The van der Waals surface area contributed by atoms with Gasteiger partial charge in [0.05, 0.1) is 17.6 Å². The minimum Gasteiger partial charge on any atom is -0.490 e. The molecule has 0 aromatic heterocycles. The molecule has 1 saturated heterocycles. The molecule has 0 unspecified atom stereocenters. The second-order valence-corrected chi connectivity index (χ2v) is 8.45. The predicted molar refractivity (Wildman–Crippen MR) is 120 cm³/mol. The van der Waals surface area contributed by atoms with Crippen LogP contribution >= 0.6 is 0 Å². The molecule has 0 radical (unpaired) electrons. The van der Waals surface area contributed by atoms with E-state index in [1.807, 2.05) is 39.0 Å². The number of aryl methyl sites for hydroxylation is 2. The van der Waals surface area contributed by atoms with Crippen molar-refractivity contribution >= 4 is 5.91 Å². The Kier molecular flexibility index (Phi) is 7.19. The quantitative estimate of drug-likeness (QED) is 0.703. The number of hydrogen-bond donors (Lipinski definition) is 1. The summed E-state index contributed by atoms with van der Waals surface area (Å²) in [4.78, 5) is 14.0. The highest BCUT2D eigenvalue weighted by Gasteiger charge is 2.32. The topological polar surface area (TPSA) is 74.6 Å². The summed E-state index contributed by atoms with van der Waals surface area (Å²) in [6, 6.07) is 12.0. The van der Waals surface area contributed by atoms with Crippen LogP contribution in [0.1, 0.15) is 41.7 Å². The van der Waals surface area contributed by atoms with E-state index < -0.39 is 0 Å². The maximum absolute atomic E-state index is 11.7. The normalized spacial score (nSPS) is 14.1. The van der Waals surface area contributed by atoms with Crippen LogP contribution < -0.4 is 14.8 Å². The Balaban J connectivity index is 1.62. The van der Waals surface area contributed by atoms with E-state index in [-0.39, 0.29) is 17.9 Å². The first-order valence-electron chi connectivity index (χ1n) is 10.7. The average Bonchev–Trinajstić information content (AvgIpc) is 2.71. The Morgan fingerprint density at radius 1 is 1.19 bits per heavy atom. The summed E-state index contributed by atoms with van der Waals surface area (Å²) in [6.07, 6.45) is 0.0179. The highest BCUT2D eigenvalue weighted by molar-refractivity contribution is 5.79. The second kappa shape index (κ2) is 9.84. The summed E-state index contributed by atoms with van der Waals surface area (Å²) >= 11 is 0. The zero-order chi connectivity index (χ0) is 22.5. The molecule has 31 heavy (non-hydrogen) atoms. The summed E-state index contributed by atoms with van der Waals surface area (Å²) in [7, 11) is 1.69. The van der Waals surface area contributed by atoms with E-state index in [1.54, 1.807) is 7.05 Å². The van der Waals surface area contributed by atoms with E-state index >= 15 is 0 Å². The lowest BCUT2D eigenvalue weighted by atomic mass is 9.96. The van der Waals surface area contributed by atoms with Gasteiger partial charge in [-0.3, -0.25) is 9.69 Å². The minimum atomic E-state index is 0.0179. The summed E-state index contributed by atoms with van der Waals surface area (Å²) in [5.74, 6) is 1.66. The summed E-state index contributed by atoms with van der Waals surface area (Å²) in [5, 5.41) is 12.1. The smallest absolute Gasteiger partial charge is 0.225 e. The number of carbonyl (C=O) groups excluding carboxylic acids is 1. The maximum Gasteiger partial charge on any atom is 0.225 e. The molecule has 164 valence electrons. The van der Waals surface area contributed by atoms with Gasteiger partial charge in [-0.15, -0.1) is 0 Å². The molecule has 0 saturated carbocycles. The average molecular weight is 422 g/mol. The van der Waals surface area contributed by atoms with Gasteiger partial charge in [-0.05, 0) is 68.1 Å². The van der Waals surface area contributed by atoms with Crippen LogP contribution in [-0.4, -0.2) is 37.0 Å². The highest BCUT2D eigenvalue weighted by Crippen LogP contribution is 2.28. The van der Waals surface area contributed by atoms with Gasteiger partial charge in [0.15, 0.2) is 0 Å². The van der Waals surface area contributed by atoms with Crippen LogP contribution in [-0.2, 0) is 17.9 Å². The number of rotatable bonds is 8. The van der Waals surface area contributed by atoms with E-state index in [2.05, 4.69) is 35.3 Å². The van der Waals surface area contributed by atoms with Gasteiger partial charge >= 0.3 is 0 Å². The lowest BCUT2D eigenvalue weighted by Gasteiger charge is -2.38. The molecule has 1 fully saturated rings. The Labute approximate surface area is 184 Å². The zero-order valence-corrected chi connectivity index (χ0v) is 19.0. The van der Waals surface area contributed by atoms with Crippen LogP contribution in [0, 0.1) is 31.1 Å². The third kappa shape index (κ3) is 5.56. The molecule has 1 aliphatic rings. The molecule has 1 amide bonds. The number of ether oxygens (including phenoxy) is 2. The first-order chi connectivity index (χ1) is 14.8. The summed E-state index contributed by atoms with van der Waals surface area (Å²) in [6.45, 7) is 10.8. The molecule has 1 heterocycles. The number of nitrogens with one attached hydrogen (secondary N) is 1. The van der Waals surface area contributed by atoms with Crippen LogP contribution in [0.4, 0.5) is 0 Å². The lowest BCUT2D eigenvalue weighted by Crippen LogP contribution is -2.52. The fourth-order valence-electron chi connectivity index (χ4n) is 3.76. The van der Waals surface area contributed by atoms with Crippen molar-refractivity contribution in [3.63, 3.8) is 0 Å². The monoisotopic (exact) mass is 421 g/mol. The van der Waals surface area contributed by atoms with Crippen molar-refractivity contribution in [2.75, 3.05) is 20.1 Å². The van der Waals surface area contributed by atoms with Crippen LogP contribution in [0.15, 0.2) is 30.3 Å². The molecule has 2 aromatic rings. The number of nitrogens with zero attached hydrogens (tertiary/aromatic N) is 2. The largest absolute Gasteiger partial charge is 0.490 e. The molecule has 0 aliphatic carbocycles. The molecule has 0 atom stereocenters. The van der Waals surface area contributed by atoms with E-state index in [4.69, 9.17) is 9.47 Å². The number of hydrogen-bond acceptors (Lipinski definition) is 5. The van der Waals surface area contributed by atoms with Crippen molar-refractivity contribution in [2.24, 2.45) is 5.92 Å². The molecule has 3 rings (SSSR count). The van der Waals surface area contributed by atoms with Gasteiger partial charge in [0, 0.05) is 26.7 Å². The Morgan fingerprint density at radius 3 is 2.58 bits per heavy atom. The molecular formula is C25H31N3O3. The Morgan fingerprint density at radius 2 is 1.94 bits per heavy atom. The summed E-state index contributed by atoms with van der Waals surface area (Å²) < 4.78 is 11.8. The van der Waals surface area contributed by atoms with Gasteiger partial charge < -0.3 is 14.8 Å². The number of amides is 1. The number of benzene rings is 2. The minimum absolute atomic E-state index is 0.0179. The SMILES string of the molecule is CNC(=O)C1CN(Cc2cc(C)c(OCc3ccc(OC(C)C)c(C#N)c3)cc2C)C1. The molecule has 0 bridgehead atoms. The van der Waals surface area contributed by atoms with E-state index in [0.29, 0.717) is 17.9 Å². The van der Waals surface area contributed by atoms with Gasteiger partial charge in [0.25, 0.3) is 0 Å². The molecule has 2 aromatic carbocycles. The third-order valence-electron chi connectivity index (χ3n) is 5.52. The van der Waals surface area contributed by atoms with Gasteiger partial charge in [0.1, 0.15) is 24.2 Å². The molecule has 0 spiro atoms. The van der Waals surface area contributed by atoms with Crippen molar-refractivity contribution in [1.82, 2.24) is 10.2 Å². The molecule has 6 heteroatoms. The van der Waals surface area contributed by atoms with Crippen LogP contribution in [0.2, 0.25) is 0 Å².